The first-order chi connectivity index (χ1) is 11.6. The van der Waals surface area contributed by atoms with Crippen LogP contribution in [0.3, 0.4) is 0 Å². The molecule has 0 bridgehead atoms. The van der Waals surface area contributed by atoms with Crippen LogP contribution < -0.4 is 0 Å². The highest BCUT2D eigenvalue weighted by Gasteiger charge is 2.44. The van der Waals surface area contributed by atoms with Gasteiger partial charge in [0.15, 0.2) is 21.8 Å². The maximum atomic E-state index is 13.0. The summed E-state index contributed by atoms with van der Waals surface area (Å²) in [7, 11) is -1.88. The number of alkyl halides is 3. The predicted molar refractivity (Wildman–Crippen MR) is 94.2 cm³/mol. The van der Waals surface area contributed by atoms with E-state index in [1.54, 1.807) is 12.4 Å². The van der Waals surface area contributed by atoms with Crippen LogP contribution in [0.15, 0.2) is 38.1 Å². The fraction of sp³-hybridized carbons (Fsp3) is 0.357. The van der Waals surface area contributed by atoms with E-state index in [4.69, 9.17) is 12.2 Å². The third-order valence-corrected chi connectivity index (χ3v) is 7.14. The second-order valence-corrected chi connectivity index (χ2v) is 8.94. The second kappa shape index (κ2) is 5.99. The van der Waals surface area contributed by atoms with E-state index in [0.29, 0.717) is 11.1 Å². The Morgan fingerprint density at radius 2 is 2.08 bits per heavy atom. The highest BCUT2D eigenvalue weighted by atomic mass is 32.2. The van der Waals surface area contributed by atoms with Gasteiger partial charge in [-0.25, -0.2) is 18.4 Å². The fourth-order valence-corrected chi connectivity index (χ4v) is 5.31. The zero-order valence-corrected chi connectivity index (χ0v) is 15.5. The predicted octanol–water partition coefficient (Wildman–Crippen LogP) is 3.15. The van der Waals surface area contributed by atoms with Crippen molar-refractivity contribution in [3.05, 3.63) is 28.1 Å². The van der Waals surface area contributed by atoms with E-state index in [-0.39, 0.29) is 22.2 Å². The molecule has 0 saturated heterocycles. The Morgan fingerprint density at radius 1 is 1.40 bits per heavy atom. The summed E-state index contributed by atoms with van der Waals surface area (Å²) < 4.78 is 63.5. The molecule has 0 N–H and O–H groups in total. The Hall–Kier alpha value is -1.59. The van der Waals surface area contributed by atoms with Crippen molar-refractivity contribution in [1.82, 2.24) is 4.90 Å². The van der Waals surface area contributed by atoms with Gasteiger partial charge in [0.05, 0.1) is 26.0 Å². The first kappa shape index (κ1) is 18.2. The number of hydrogen-bond donors (Lipinski definition) is 0. The molecule has 0 radical (unpaired) electrons. The highest BCUT2D eigenvalue weighted by Crippen LogP contribution is 2.39. The molecule has 3 heterocycles. The summed E-state index contributed by atoms with van der Waals surface area (Å²) in [6.07, 6.45) is -4.71. The summed E-state index contributed by atoms with van der Waals surface area (Å²) in [4.78, 5) is 9.78. The third-order valence-electron chi connectivity index (χ3n) is 3.85. The number of rotatable bonds is 3. The monoisotopic (exact) mass is 407 g/mol. The maximum Gasteiger partial charge on any atom is 0.419 e. The van der Waals surface area contributed by atoms with Gasteiger partial charge in [-0.05, 0) is 11.4 Å². The Labute approximate surface area is 151 Å². The van der Waals surface area contributed by atoms with Crippen LogP contribution in [0.2, 0.25) is 0 Å². The molecule has 1 aromatic heterocycles. The van der Waals surface area contributed by atoms with E-state index in [1.807, 2.05) is 0 Å². The lowest BCUT2D eigenvalue weighted by molar-refractivity contribution is -0.0858. The van der Waals surface area contributed by atoms with Crippen LogP contribution in [-0.4, -0.2) is 48.7 Å². The van der Waals surface area contributed by atoms with Crippen molar-refractivity contribution in [2.24, 2.45) is 9.98 Å². The van der Waals surface area contributed by atoms with Crippen LogP contribution in [0.25, 0.3) is 0 Å². The SMILES string of the molecule is CCS(=O)(=O)c1ccsc1C1N=C2C(=S)C(C(F)(F)F)=CN=C2N1C. The van der Waals surface area contributed by atoms with Crippen molar-refractivity contribution in [1.29, 1.82) is 0 Å². The zero-order valence-electron chi connectivity index (χ0n) is 13.0. The smallest absolute Gasteiger partial charge is 0.331 e. The second-order valence-electron chi connectivity index (χ2n) is 5.34. The van der Waals surface area contributed by atoms with Crippen molar-refractivity contribution >= 4 is 49.8 Å². The van der Waals surface area contributed by atoms with Gasteiger partial charge in [0, 0.05) is 13.2 Å². The minimum atomic E-state index is -4.62. The quantitative estimate of drug-likeness (QED) is 0.722. The van der Waals surface area contributed by atoms with Gasteiger partial charge in [0.2, 0.25) is 0 Å². The zero-order chi connectivity index (χ0) is 18.6. The molecule has 0 aliphatic carbocycles. The van der Waals surface area contributed by atoms with E-state index >= 15 is 0 Å². The molecule has 2 aliphatic rings. The van der Waals surface area contributed by atoms with Gasteiger partial charge >= 0.3 is 6.18 Å². The first-order valence-corrected chi connectivity index (χ1v) is 10.0. The molecule has 11 heteroatoms. The van der Waals surface area contributed by atoms with Gasteiger partial charge in [-0.3, -0.25) is 0 Å². The van der Waals surface area contributed by atoms with Gasteiger partial charge in [0.1, 0.15) is 5.71 Å². The average Bonchev–Trinajstić information content (AvgIpc) is 3.12. The van der Waals surface area contributed by atoms with Crippen LogP contribution in [0.5, 0.6) is 0 Å². The molecule has 3 rings (SSSR count). The van der Waals surface area contributed by atoms with Crippen LogP contribution in [-0.2, 0) is 9.84 Å². The number of halogens is 3. The molecule has 5 nitrogen and oxygen atoms in total. The number of amidine groups is 1. The molecule has 0 amide bonds. The van der Waals surface area contributed by atoms with Crippen LogP contribution >= 0.6 is 23.6 Å². The minimum absolute atomic E-state index is 0.0365. The molecule has 1 unspecified atom stereocenters. The number of thiophene rings is 1. The molecule has 0 aromatic carbocycles. The third kappa shape index (κ3) is 2.93. The summed E-state index contributed by atoms with van der Waals surface area (Å²) in [5, 5.41) is 1.62. The number of fused-ring (bicyclic) bond motifs is 1. The van der Waals surface area contributed by atoms with Crippen molar-refractivity contribution in [3.63, 3.8) is 0 Å². The number of allylic oxidation sites excluding steroid dienone is 1. The molecule has 1 atom stereocenters. The Bertz CT molecular complexity index is 942. The molecule has 0 spiro atoms. The average molecular weight is 407 g/mol. The minimum Gasteiger partial charge on any atom is -0.331 e. The van der Waals surface area contributed by atoms with Gasteiger partial charge in [-0.1, -0.05) is 19.1 Å². The maximum absolute atomic E-state index is 13.0. The van der Waals surface area contributed by atoms with Crippen molar-refractivity contribution in [3.8, 4) is 0 Å². The summed E-state index contributed by atoms with van der Waals surface area (Å²) in [6.45, 7) is 1.53. The van der Waals surface area contributed by atoms with E-state index in [0.717, 1.165) is 0 Å². The highest BCUT2D eigenvalue weighted by molar-refractivity contribution is 7.91. The molecule has 1 aromatic rings. The fourth-order valence-electron chi connectivity index (χ4n) is 2.52. The number of aliphatic imine (C=N–C) groups is 2. The molecule has 0 fully saturated rings. The molecular formula is C14H12F3N3O2S3. The number of hydrogen-bond acceptors (Lipinski definition) is 7. The Morgan fingerprint density at radius 3 is 2.68 bits per heavy atom. The molecule has 134 valence electrons. The van der Waals surface area contributed by atoms with Crippen LogP contribution in [0.4, 0.5) is 13.2 Å². The van der Waals surface area contributed by atoms with E-state index in [1.165, 1.54) is 29.2 Å². The molecule has 0 saturated carbocycles. The van der Waals surface area contributed by atoms with Gasteiger partial charge in [-0.2, -0.15) is 13.2 Å². The molecular weight excluding hydrogens is 395 g/mol. The summed E-state index contributed by atoms with van der Waals surface area (Å²) in [6, 6.07) is 1.48. The normalized spacial score (nSPS) is 21.0. The number of sulfone groups is 1. The summed E-state index contributed by atoms with van der Waals surface area (Å²) in [5.74, 6) is 0.124. The van der Waals surface area contributed by atoms with Crippen LogP contribution in [0.1, 0.15) is 18.0 Å². The Kier molecular flexibility index (Phi) is 4.36. The van der Waals surface area contributed by atoms with Gasteiger partial charge in [-0.15, -0.1) is 11.3 Å². The summed E-state index contributed by atoms with van der Waals surface area (Å²) >= 11 is 6.12. The topological polar surface area (TPSA) is 62.1 Å². The molecule has 25 heavy (non-hydrogen) atoms. The first-order valence-electron chi connectivity index (χ1n) is 7.09. The van der Waals surface area contributed by atoms with Crippen molar-refractivity contribution in [2.75, 3.05) is 12.8 Å². The molecule has 2 aliphatic heterocycles. The summed E-state index contributed by atoms with van der Waals surface area (Å²) in [5.41, 5.74) is -1.06. The van der Waals surface area contributed by atoms with Gasteiger partial charge < -0.3 is 4.90 Å². The van der Waals surface area contributed by atoms with Crippen molar-refractivity contribution in [2.45, 2.75) is 24.2 Å². The van der Waals surface area contributed by atoms with E-state index in [9.17, 15) is 21.6 Å². The van der Waals surface area contributed by atoms with E-state index in [2.05, 4.69) is 9.98 Å². The number of nitrogens with zero attached hydrogens (tertiary/aromatic N) is 3. The largest absolute Gasteiger partial charge is 0.419 e. The lowest BCUT2D eigenvalue weighted by atomic mass is 10.1. The lowest BCUT2D eigenvalue weighted by Crippen LogP contribution is -2.36. The number of thiocarbonyl (C=S) groups is 1. The van der Waals surface area contributed by atoms with Crippen LogP contribution in [0, 0.1) is 0 Å². The lowest BCUT2D eigenvalue weighted by Gasteiger charge is -2.22. The Balaban J connectivity index is 2.06. The van der Waals surface area contributed by atoms with Crippen molar-refractivity contribution < 1.29 is 21.6 Å². The van der Waals surface area contributed by atoms with E-state index < -0.39 is 32.6 Å². The van der Waals surface area contributed by atoms with Gasteiger partial charge in [0.25, 0.3) is 0 Å². The standard InChI is InChI=1S/C14H12F3N3O2S3/c1-3-25(21,22)8-4-5-24-11(8)13-19-9-10(23)7(14(15,16)17)6-18-12(9)20(13)2/h4-6,13H,3H2,1-2H3.